The summed E-state index contributed by atoms with van der Waals surface area (Å²) in [6.45, 7) is 3.79. The summed E-state index contributed by atoms with van der Waals surface area (Å²) in [5, 5.41) is 5.92. The zero-order valence-corrected chi connectivity index (χ0v) is 15.6. The Bertz CT molecular complexity index is 921. The Morgan fingerprint density at radius 3 is 2.37 bits per heavy atom. The molecule has 0 aliphatic carbocycles. The van der Waals surface area contributed by atoms with Crippen LogP contribution in [0.15, 0.2) is 54.2 Å². The minimum absolute atomic E-state index is 0.0538. The Labute approximate surface area is 161 Å². The molecule has 0 spiro atoms. The van der Waals surface area contributed by atoms with E-state index in [1.807, 2.05) is 13.8 Å². The predicted octanol–water partition coefficient (Wildman–Crippen LogP) is 3.23. The van der Waals surface area contributed by atoms with Gasteiger partial charge in [-0.3, -0.25) is 14.5 Å². The van der Waals surface area contributed by atoms with E-state index in [1.165, 1.54) is 29.2 Å². The Kier molecular flexibility index (Phi) is 5.32. The van der Waals surface area contributed by atoms with Gasteiger partial charge in [-0.25, -0.2) is 4.39 Å². The van der Waals surface area contributed by atoms with Gasteiger partial charge in [0.15, 0.2) is 5.11 Å². The van der Waals surface area contributed by atoms with E-state index >= 15 is 0 Å². The highest BCUT2D eigenvalue weighted by Gasteiger charge is 2.31. The first-order valence-corrected chi connectivity index (χ1v) is 8.79. The molecule has 1 heterocycles. The van der Waals surface area contributed by atoms with Gasteiger partial charge in [0, 0.05) is 11.6 Å². The van der Waals surface area contributed by atoms with E-state index in [9.17, 15) is 14.0 Å². The van der Waals surface area contributed by atoms with Gasteiger partial charge in [-0.05, 0) is 74.1 Å². The number of halogens is 1. The molecule has 138 valence electrons. The highest BCUT2D eigenvalue weighted by atomic mass is 32.1. The summed E-state index contributed by atoms with van der Waals surface area (Å²) in [6.07, 6.45) is 1.66. The number of benzene rings is 2. The van der Waals surface area contributed by atoms with Gasteiger partial charge in [0.25, 0.3) is 11.8 Å². The fraction of sp³-hybridized carbons (Fsp3) is 0.150. The maximum Gasteiger partial charge on any atom is 0.281 e. The van der Waals surface area contributed by atoms with Gasteiger partial charge in [0.05, 0.1) is 5.69 Å². The summed E-state index contributed by atoms with van der Waals surface area (Å²) in [6, 6.07) is 12.5. The molecule has 0 bridgehead atoms. The molecule has 2 aromatic rings. The monoisotopic (exact) mass is 383 g/mol. The lowest BCUT2D eigenvalue weighted by atomic mass is 10.1. The van der Waals surface area contributed by atoms with Crippen molar-refractivity contribution in [1.29, 1.82) is 0 Å². The number of nitrogens with one attached hydrogen (secondary N) is 2. The first-order valence-electron chi connectivity index (χ1n) is 8.39. The van der Waals surface area contributed by atoms with Crippen LogP contribution in [0.5, 0.6) is 0 Å². The number of hydrogen-bond donors (Lipinski definition) is 2. The fourth-order valence-corrected chi connectivity index (χ4v) is 2.90. The summed E-state index contributed by atoms with van der Waals surface area (Å²) in [5.74, 6) is -0.863. The number of anilines is 1. The van der Waals surface area contributed by atoms with E-state index in [0.717, 1.165) is 5.56 Å². The normalized spacial score (nSPS) is 15.4. The molecule has 7 heteroatoms. The molecule has 1 aliphatic rings. The summed E-state index contributed by atoms with van der Waals surface area (Å²) in [5.41, 5.74) is 2.09. The number of carbonyl (C=O) groups excluding carboxylic acids is 2. The van der Waals surface area contributed by atoms with Gasteiger partial charge in [0.1, 0.15) is 11.5 Å². The molecule has 2 N–H and O–H groups in total. The third kappa shape index (κ3) is 4.20. The maximum atomic E-state index is 13.1. The van der Waals surface area contributed by atoms with E-state index in [-0.39, 0.29) is 28.8 Å². The molecule has 2 amide bonds. The van der Waals surface area contributed by atoms with E-state index < -0.39 is 0 Å². The Morgan fingerprint density at radius 1 is 1.15 bits per heavy atom. The zero-order chi connectivity index (χ0) is 19.6. The molecule has 1 fully saturated rings. The van der Waals surface area contributed by atoms with Crippen LogP contribution in [0.2, 0.25) is 0 Å². The first-order chi connectivity index (χ1) is 12.8. The molecule has 1 aliphatic heterocycles. The molecule has 0 atom stereocenters. The summed E-state index contributed by atoms with van der Waals surface area (Å²) < 4.78 is 13.1. The molecular weight excluding hydrogens is 365 g/mol. The lowest BCUT2D eigenvalue weighted by Gasteiger charge is -2.13. The minimum atomic E-state index is -0.387. The second kappa shape index (κ2) is 7.67. The topological polar surface area (TPSA) is 61.4 Å². The van der Waals surface area contributed by atoms with E-state index in [0.29, 0.717) is 16.9 Å². The number of carbonyl (C=O) groups is 2. The quantitative estimate of drug-likeness (QED) is 0.629. The van der Waals surface area contributed by atoms with Crippen molar-refractivity contribution in [1.82, 2.24) is 10.6 Å². The molecule has 0 aromatic heterocycles. The fourth-order valence-electron chi connectivity index (χ4n) is 2.60. The lowest BCUT2D eigenvalue weighted by Crippen LogP contribution is -2.30. The number of hydrogen-bond acceptors (Lipinski definition) is 3. The van der Waals surface area contributed by atoms with E-state index in [1.54, 1.807) is 30.3 Å². The highest BCUT2D eigenvalue weighted by Crippen LogP contribution is 2.22. The van der Waals surface area contributed by atoms with Crippen LogP contribution in [-0.2, 0) is 4.79 Å². The van der Waals surface area contributed by atoms with Crippen molar-refractivity contribution >= 4 is 40.9 Å². The van der Waals surface area contributed by atoms with Crippen molar-refractivity contribution in [3.63, 3.8) is 0 Å². The van der Waals surface area contributed by atoms with Crippen LogP contribution >= 0.6 is 12.2 Å². The van der Waals surface area contributed by atoms with Crippen LogP contribution < -0.4 is 15.5 Å². The third-order valence-electron chi connectivity index (χ3n) is 3.87. The van der Waals surface area contributed by atoms with Crippen molar-refractivity contribution in [2.24, 2.45) is 0 Å². The van der Waals surface area contributed by atoms with Crippen molar-refractivity contribution in [3.8, 4) is 0 Å². The molecule has 0 unspecified atom stereocenters. The Morgan fingerprint density at radius 2 is 1.78 bits per heavy atom. The van der Waals surface area contributed by atoms with Crippen LogP contribution in [0.1, 0.15) is 29.8 Å². The summed E-state index contributed by atoms with van der Waals surface area (Å²) >= 11 is 5.23. The van der Waals surface area contributed by atoms with Crippen LogP contribution in [0.4, 0.5) is 10.1 Å². The van der Waals surface area contributed by atoms with Crippen LogP contribution in [0.3, 0.4) is 0 Å². The van der Waals surface area contributed by atoms with Gasteiger partial charge < -0.3 is 10.6 Å². The van der Waals surface area contributed by atoms with Crippen LogP contribution in [0, 0.1) is 5.82 Å². The van der Waals surface area contributed by atoms with Gasteiger partial charge in [-0.2, -0.15) is 0 Å². The second-order valence-electron chi connectivity index (χ2n) is 6.36. The lowest BCUT2D eigenvalue weighted by molar-refractivity contribution is -0.113. The predicted molar refractivity (Wildman–Crippen MR) is 107 cm³/mol. The number of thiocarbonyl (C=S) groups is 1. The van der Waals surface area contributed by atoms with Crippen LogP contribution in [0.25, 0.3) is 6.08 Å². The van der Waals surface area contributed by atoms with Crippen molar-refractivity contribution in [2.45, 2.75) is 19.9 Å². The third-order valence-corrected chi connectivity index (χ3v) is 4.15. The van der Waals surface area contributed by atoms with Gasteiger partial charge in [-0.1, -0.05) is 12.1 Å². The molecule has 5 nitrogen and oxygen atoms in total. The minimum Gasteiger partial charge on any atom is -0.350 e. The number of amides is 2. The van der Waals surface area contributed by atoms with Crippen molar-refractivity contribution in [3.05, 3.63) is 71.2 Å². The molecule has 0 saturated carbocycles. The SMILES string of the molecule is CC(C)NC(=O)c1ccc(/C=C2/NC(=S)N(c3ccc(F)cc3)C2=O)cc1. The largest absolute Gasteiger partial charge is 0.350 e. The summed E-state index contributed by atoms with van der Waals surface area (Å²) in [7, 11) is 0. The van der Waals surface area contributed by atoms with E-state index in [2.05, 4.69) is 10.6 Å². The van der Waals surface area contributed by atoms with Crippen molar-refractivity contribution < 1.29 is 14.0 Å². The van der Waals surface area contributed by atoms with Gasteiger partial charge >= 0.3 is 0 Å². The van der Waals surface area contributed by atoms with Crippen molar-refractivity contribution in [2.75, 3.05) is 4.90 Å². The van der Waals surface area contributed by atoms with E-state index in [4.69, 9.17) is 12.2 Å². The zero-order valence-electron chi connectivity index (χ0n) is 14.8. The molecule has 1 saturated heterocycles. The second-order valence-corrected chi connectivity index (χ2v) is 6.74. The molecular formula is C20H18FN3O2S. The highest BCUT2D eigenvalue weighted by molar-refractivity contribution is 7.80. The van der Waals surface area contributed by atoms with Gasteiger partial charge in [0.2, 0.25) is 0 Å². The molecule has 0 radical (unpaired) electrons. The standard InChI is InChI=1S/C20H18FN3O2S/c1-12(2)22-18(25)14-5-3-13(4-6-14)11-17-19(26)24(20(27)23-17)16-9-7-15(21)8-10-16/h3-12H,1-2H3,(H,22,25)(H,23,27)/b17-11+. The number of nitrogens with zero attached hydrogens (tertiary/aromatic N) is 1. The molecule has 27 heavy (non-hydrogen) atoms. The first kappa shape index (κ1) is 18.7. The average molecular weight is 383 g/mol. The number of rotatable bonds is 4. The van der Waals surface area contributed by atoms with Gasteiger partial charge in [-0.15, -0.1) is 0 Å². The Hall–Kier alpha value is -3.06. The Balaban J connectivity index is 1.79. The molecule has 2 aromatic carbocycles. The van der Waals surface area contributed by atoms with Crippen LogP contribution in [-0.4, -0.2) is 23.0 Å². The maximum absolute atomic E-state index is 13.1. The summed E-state index contributed by atoms with van der Waals surface area (Å²) in [4.78, 5) is 25.9. The smallest absolute Gasteiger partial charge is 0.281 e. The average Bonchev–Trinajstić information content (AvgIpc) is 2.89. The molecule has 3 rings (SSSR count).